The number of carbonyl (C=O) groups excluding carboxylic acids is 2. The van der Waals surface area contributed by atoms with Gasteiger partial charge in [0.05, 0.1) is 17.3 Å². The van der Waals surface area contributed by atoms with E-state index in [0.29, 0.717) is 22.9 Å². The molecular formula is C19H24N4O4S. The fourth-order valence-electron chi connectivity index (χ4n) is 2.83. The molecule has 2 rings (SSSR count). The smallest absolute Gasteiger partial charge is 0.251 e. The van der Waals surface area contributed by atoms with Crippen molar-refractivity contribution in [1.29, 1.82) is 5.26 Å². The van der Waals surface area contributed by atoms with Crippen LogP contribution in [0.4, 0.5) is 0 Å². The van der Waals surface area contributed by atoms with Gasteiger partial charge in [-0.05, 0) is 43.5 Å². The van der Waals surface area contributed by atoms with Crippen molar-refractivity contribution >= 4 is 32.7 Å². The number of hydrogen-bond donors (Lipinski definition) is 2. The van der Waals surface area contributed by atoms with Crippen molar-refractivity contribution in [2.75, 3.05) is 12.3 Å². The maximum atomic E-state index is 12.6. The fourth-order valence-corrected chi connectivity index (χ4v) is 3.82. The predicted molar refractivity (Wildman–Crippen MR) is 106 cm³/mol. The second-order valence-corrected chi connectivity index (χ2v) is 8.95. The molecule has 2 N–H and O–H groups in total. The van der Waals surface area contributed by atoms with Gasteiger partial charge in [-0.15, -0.1) is 0 Å². The van der Waals surface area contributed by atoms with Gasteiger partial charge >= 0.3 is 0 Å². The summed E-state index contributed by atoms with van der Waals surface area (Å²) in [4.78, 5) is 24.9. The molecule has 0 bridgehead atoms. The van der Waals surface area contributed by atoms with Crippen LogP contribution >= 0.6 is 0 Å². The maximum absolute atomic E-state index is 12.6. The average molecular weight is 404 g/mol. The minimum atomic E-state index is -3.43. The molecule has 0 radical (unpaired) electrons. The summed E-state index contributed by atoms with van der Waals surface area (Å²) >= 11 is 0. The summed E-state index contributed by atoms with van der Waals surface area (Å²) in [7, 11) is -3.43. The van der Waals surface area contributed by atoms with E-state index >= 15 is 0 Å². The topological polar surface area (TPSA) is 121 Å². The van der Waals surface area contributed by atoms with Crippen LogP contribution in [-0.4, -0.2) is 42.5 Å². The largest absolute Gasteiger partial charge is 0.341 e. The van der Waals surface area contributed by atoms with Gasteiger partial charge in [0, 0.05) is 17.1 Å². The summed E-state index contributed by atoms with van der Waals surface area (Å²) in [5, 5.41) is 14.4. The molecule has 2 amide bonds. The van der Waals surface area contributed by atoms with Gasteiger partial charge in [-0.25, -0.2) is 12.4 Å². The number of rotatable bonds is 8. The molecule has 1 aromatic heterocycles. The number of benzene rings is 1. The van der Waals surface area contributed by atoms with Crippen LogP contribution in [0.1, 0.15) is 37.6 Å². The molecule has 0 aliphatic rings. The first-order valence-corrected chi connectivity index (χ1v) is 10.6. The summed E-state index contributed by atoms with van der Waals surface area (Å²) in [6.45, 7) is 5.29. The van der Waals surface area contributed by atoms with Crippen LogP contribution in [0, 0.1) is 17.2 Å². The lowest BCUT2D eigenvalue weighted by molar-refractivity contribution is -0.123. The van der Waals surface area contributed by atoms with Gasteiger partial charge in [0.1, 0.15) is 12.6 Å². The molecule has 0 aliphatic heterocycles. The van der Waals surface area contributed by atoms with Gasteiger partial charge in [-0.3, -0.25) is 9.59 Å². The molecule has 150 valence electrons. The number of nitrogens with one attached hydrogen (secondary N) is 2. The molecule has 1 unspecified atom stereocenters. The van der Waals surface area contributed by atoms with Crippen LogP contribution in [0.3, 0.4) is 0 Å². The van der Waals surface area contributed by atoms with Crippen molar-refractivity contribution < 1.29 is 18.0 Å². The minimum Gasteiger partial charge on any atom is -0.341 e. The Morgan fingerprint density at radius 2 is 1.96 bits per heavy atom. The molecule has 2 aromatic rings. The lowest BCUT2D eigenvalue weighted by atomic mass is 10.0. The fraction of sp³-hybridized carbons (Fsp3) is 0.421. The molecule has 1 atom stereocenters. The molecule has 9 heteroatoms. The van der Waals surface area contributed by atoms with E-state index in [1.165, 1.54) is 16.2 Å². The van der Waals surface area contributed by atoms with Gasteiger partial charge in [-0.2, -0.15) is 5.26 Å². The van der Waals surface area contributed by atoms with E-state index in [9.17, 15) is 18.0 Å². The molecule has 28 heavy (non-hydrogen) atoms. The average Bonchev–Trinajstić information content (AvgIpc) is 3.09. The lowest BCUT2D eigenvalue weighted by Crippen LogP contribution is -2.47. The van der Waals surface area contributed by atoms with Crippen molar-refractivity contribution in [2.45, 2.75) is 33.2 Å². The van der Waals surface area contributed by atoms with E-state index in [4.69, 9.17) is 5.26 Å². The normalized spacial score (nSPS) is 12.5. The molecular weight excluding hydrogens is 380 g/mol. The Kier molecular flexibility index (Phi) is 6.80. The van der Waals surface area contributed by atoms with Gasteiger partial charge < -0.3 is 10.6 Å². The van der Waals surface area contributed by atoms with Gasteiger partial charge in [0.2, 0.25) is 15.9 Å². The van der Waals surface area contributed by atoms with Crippen molar-refractivity contribution in [3.05, 3.63) is 36.0 Å². The molecule has 0 saturated carbocycles. The second-order valence-electron chi connectivity index (χ2n) is 6.82. The van der Waals surface area contributed by atoms with E-state index in [1.807, 2.05) is 19.9 Å². The molecule has 1 heterocycles. The Balaban J connectivity index is 2.26. The van der Waals surface area contributed by atoms with E-state index in [-0.39, 0.29) is 18.2 Å². The van der Waals surface area contributed by atoms with E-state index in [0.717, 1.165) is 0 Å². The van der Waals surface area contributed by atoms with Gasteiger partial charge in [0.25, 0.3) is 5.91 Å². The van der Waals surface area contributed by atoms with Crippen LogP contribution in [0.25, 0.3) is 10.9 Å². The first kappa shape index (κ1) is 21.4. The lowest BCUT2D eigenvalue weighted by Gasteiger charge is -2.19. The summed E-state index contributed by atoms with van der Waals surface area (Å²) in [5.41, 5.74) is 0.810. The monoisotopic (exact) mass is 404 g/mol. The predicted octanol–water partition coefficient (Wildman–Crippen LogP) is 1.62. The highest BCUT2D eigenvalue weighted by molar-refractivity contribution is 7.90. The number of fused-ring (bicyclic) bond motifs is 1. The van der Waals surface area contributed by atoms with Crippen LogP contribution in [0.15, 0.2) is 30.5 Å². The molecule has 0 saturated heterocycles. The Labute approximate surface area is 164 Å². The summed E-state index contributed by atoms with van der Waals surface area (Å²) in [5.74, 6) is -0.724. The van der Waals surface area contributed by atoms with E-state index in [2.05, 4.69) is 10.6 Å². The standard InChI is InChI=1S/C19H24N4O4S/c1-4-28(26,27)23-10-7-14-12-15(5-6-17(14)23)18(24)22-16(11-13(2)3)19(25)21-9-8-20/h5-7,10,12-13,16H,4,9,11H2,1-3H3,(H,21,25)(H,22,24). The van der Waals surface area contributed by atoms with Crippen molar-refractivity contribution in [3.63, 3.8) is 0 Å². The zero-order valence-electron chi connectivity index (χ0n) is 16.1. The van der Waals surface area contributed by atoms with Crippen LogP contribution in [-0.2, 0) is 14.8 Å². The maximum Gasteiger partial charge on any atom is 0.251 e. The number of aromatic nitrogens is 1. The summed E-state index contributed by atoms with van der Waals surface area (Å²) in [6, 6.07) is 7.39. The third-order valence-corrected chi connectivity index (χ3v) is 5.90. The van der Waals surface area contributed by atoms with E-state index in [1.54, 1.807) is 25.1 Å². The molecule has 8 nitrogen and oxygen atoms in total. The Bertz CT molecular complexity index is 1020. The van der Waals surface area contributed by atoms with Gasteiger partial charge in [0.15, 0.2) is 0 Å². The number of carbonyl (C=O) groups is 2. The van der Waals surface area contributed by atoms with Crippen molar-refractivity contribution in [3.8, 4) is 6.07 Å². The first-order chi connectivity index (χ1) is 13.2. The number of nitrogens with zero attached hydrogens (tertiary/aromatic N) is 2. The second kappa shape index (κ2) is 8.89. The highest BCUT2D eigenvalue weighted by Gasteiger charge is 2.23. The Hall–Kier alpha value is -2.86. The zero-order valence-corrected chi connectivity index (χ0v) is 16.9. The quantitative estimate of drug-likeness (QED) is 0.648. The van der Waals surface area contributed by atoms with Crippen molar-refractivity contribution in [1.82, 2.24) is 14.6 Å². The third kappa shape index (κ3) is 4.89. The highest BCUT2D eigenvalue weighted by Crippen LogP contribution is 2.20. The highest BCUT2D eigenvalue weighted by atomic mass is 32.2. The number of nitriles is 1. The molecule has 0 aliphatic carbocycles. The summed E-state index contributed by atoms with van der Waals surface area (Å²) in [6.07, 6.45) is 1.89. The van der Waals surface area contributed by atoms with Crippen LogP contribution in [0.5, 0.6) is 0 Å². The summed E-state index contributed by atoms with van der Waals surface area (Å²) < 4.78 is 25.4. The Morgan fingerprint density at radius 1 is 1.25 bits per heavy atom. The molecule has 0 spiro atoms. The van der Waals surface area contributed by atoms with Crippen molar-refractivity contribution in [2.24, 2.45) is 5.92 Å². The molecule has 1 aromatic carbocycles. The minimum absolute atomic E-state index is 0.0340. The van der Waals surface area contributed by atoms with Crippen LogP contribution in [0.2, 0.25) is 0 Å². The van der Waals surface area contributed by atoms with Crippen LogP contribution < -0.4 is 10.6 Å². The van der Waals surface area contributed by atoms with E-state index < -0.39 is 27.9 Å². The third-order valence-electron chi connectivity index (χ3n) is 4.25. The molecule has 0 fully saturated rings. The number of amides is 2. The SMILES string of the molecule is CCS(=O)(=O)n1ccc2cc(C(=O)NC(CC(C)C)C(=O)NCC#N)ccc21. The zero-order chi connectivity index (χ0) is 20.9. The first-order valence-electron chi connectivity index (χ1n) is 8.99. The number of hydrogen-bond acceptors (Lipinski definition) is 5. The van der Waals surface area contributed by atoms with Gasteiger partial charge in [-0.1, -0.05) is 13.8 Å². The Morgan fingerprint density at radius 3 is 2.57 bits per heavy atom.